The van der Waals surface area contributed by atoms with Crippen LogP contribution in [0.2, 0.25) is 0 Å². The maximum absolute atomic E-state index is 12.1. The first-order valence-corrected chi connectivity index (χ1v) is 10.1. The molecule has 2 rings (SSSR count). The third kappa shape index (κ3) is 7.49. The first kappa shape index (κ1) is 21.1. The Labute approximate surface area is 159 Å². The van der Waals surface area contributed by atoms with E-state index in [0.717, 1.165) is 5.41 Å². The number of hydrogen-bond acceptors (Lipinski definition) is 6. The summed E-state index contributed by atoms with van der Waals surface area (Å²) < 4.78 is 36.3. The predicted molar refractivity (Wildman–Crippen MR) is 99.9 cm³/mol. The summed E-state index contributed by atoms with van der Waals surface area (Å²) in [6, 6.07) is 8.88. The summed E-state index contributed by atoms with van der Waals surface area (Å²) in [4.78, 5) is 25.4. The van der Waals surface area contributed by atoms with Gasteiger partial charge in [-0.1, -0.05) is 30.3 Å². The van der Waals surface area contributed by atoms with Crippen molar-refractivity contribution in [2.75, 3.05) is 26.2 Å². The fraction of sp³-hybridized carbons (Fsp3) is 0.444. The van der Waals surface area contributed by atoms with E-state index in [2.05, 4.69) is 4.72 Å². The van der Waals surface area contributed by atoms with E-state index in [0.29, 0.717) is 18.7 Å². The molecule has 1 aromatic rings. The number of ether oxygens (including phenoxy) is 2. The molecule has 0 bridgehead atoms. The van der Waals surface area contributed by atoms with Gasteiger partial charge < -0.3 is 14.4 Å². The summed E-state index contributed by atoms with van der Waals surface area (Å²) in [5, 5.41) is 0.970. The number of carbonyl (C=O) groups excluding carboxylic acids is 2. The molecule has 1 amide bonds. The Morgan fingerprint density at radius 3 is 2.48 bits per heavy atom. The van der Waals surface area contributed by atoms with Gasteiger partial charge in [0.25, 0.3) is 5.91 Å². The number of nitrogens with zero attached hydrogens (tertiary/aromatic N) is 1. The molecule has 1 heterocycles. The third-order valence-corrected chi connectivity index (χ3v) is 4.83. The van der Waals surface area contributed by atoms with Gasteiger partial charge in [-0.15, -0.1) is 0 Å². The Morgan fingerprint density at radius 1 is 1.22 bits per heavy atom. The highest BCUT2D eigenvalue weighted by atomic mass is 32.2. The Bertz CT molecular complexity index is 768. The smallest absolute Gasteiger partial charge is 0.321 e. The van der Waals surface area contributed by atoms with E-state index in [1.54, 1.807) is 29.2 Å². The number of benzene rings is 1. The molecule has 0 saturated carbocycles. The second-order valence-corrected chi connectivity index (χ2v) is 7.95. The monoisotopic (exact) mass is 396 g/mol. The molecule has 2 atom stereocenters. The molecule has 148 valence electrons. The van der Waals surface area contributed by atoms with Gasteiger partial charge in [-0.3, -0.25) is 9.59 Å². The SMILES string of the molecule is C[C@@H]1CN(C(=O)COC(=O)CNS(=O)(=O)/C=C/c2ccccc2)C[C@H](C)O1. The van der Waals surface area contributed by atoms with E-state index in [4.69, 9.17) is 9.47 Å². The topological polar surface area (TPSA) is 102 Å². The highest BCUT2D eigenvalue weighted by Crippen LogP contribution is 2.10. The number of esters is 1. The highest BCUT2D eigenvalue weighted by Gasteiger charge is 2.26. The Hall–Kier alpha value is -2.23. The Morgan fingerprint density at radius 2 is 1.85 bits per heavy atom. The number of hydrogen-bond donors (Lipinski definition) is 1. The lowest BCUT2D eigenvalue weighted by Gasteiger charge is -2.35. The van der Waals surface area contributed by atoms with Gasteiger partial charge in [-0.25, -0.2) is 13.1 Å². The van der Waals surface area contributed by atoms with Crippen molar-refractivity contribution in [1.29, 1.82) is 0 Å². The second kappa shape index (κ2) is 9.63. The predicted octanol–water partition coefficient (Wildman–Crippen LogP) is 0.756. The molecule has 0 aliphatic carbocycles. The van der Waals surface area contributed by atoms with Crippen LogP contribution in [0.5, 0.6) is 0 Å². The van der Waals surface area contributed by atoms with Crippen molar-refractivity contribution in [3.05, 3.63) is 41.3 Å². The minimum absolute atomic E-state index is 0.0865. The van der Waals surface area contributed by atoms with Gasteiger partial charge in [0.05, 0.1) is 12.2 Å². The molecular formula is C18H24N2O6S. The maximum atomic E-state index is 12.1. The molecule has 1 aromatic carbocycles. The van der Waals surface area contributed by atoms with Crippen LogP contribution in [0, 0.1) is 0 Å². The van der Waals surface area contributed by atoms with Crippen LogP contribution in [0.25, 0.3) is 6.08 Å². The summed E-state index contributed by atoms with van der Waals surface area (Å²) in [5.74, 6) is -1.16. The van der Waals surface area contributed by atoms with Crippen LogP contribution in [0.4, 0.5) is 0 Å². The molecule has 8 nitrogen and oxygen atoms in total. The van der Waals surface area contributed by atoms with Crippen molar-refractivity contribution in [1.82, 2.24) is 9.62 Å². The molecule has 1 fully saturated rings. The zero-order valence-corrected chi connectivity index (χ0v) is 16.1. The quantitative estimate of drug-likeness (QED) is 0.683. The standard InChI is InChI=1S/C18H24N2O6S/c1-14-11-20(12-15(2)26-14)17(21)13-25-18(22)10-19-27(23,24)9-8-16-6-4-3-5-7-16/h3-9,14-15,19H,10-13H2,1-2H3/b9-8+/t14-,15+. The van der Waals surface area contributed by atoms with Crippen molar-refractivity contribution in [3.8, 4) is 0 Å². The van der Waals surface area contributed by atoms with Crippen LogP contribution in [0.15, 0.2) is 35.7 Å². The van der Waals surface area contributed by atoms with Crippen molar-refractivity contribution < 1.29 is 27.5 Å². The molecular weight excluding hydrogens is 372 g/mol. The van der Waals surface area contributed by atoms with E-state index in [1.807, 2.05) is 19.9 Å². The first-order valence-electron chi connectivity index (χ1n) is 8.57. The Kier molecular flexibility index (Phi) is 7.52. The molecule has 1 saturated heterocycles. The summed E-state index contributed by atoms with van der Waals surface area (Å²) in [5.41, 5.74) is 0.713. The lowest BCUT2D eigenvalue weighted by molar-refractivity contribution is -0.156. The molecule has 0 aromatic heterocycles. The zero-order chi connectivity index (χ0) is 19.9. The summed E-state index contributed by atoms with van der Waals surface area (Å²) >= 11 is 0. The molecule has 0 radical (unpaired) electrons. The summed E-state index contributed by atoms with van der Waals surface area (Å²) in [6.07, 6.45) is 1.24. The fourth-order valence-corrected chi connectivity index (χ4v) is 3.36. The van der Waals surface area contributed by atoms with Crippen LogP contribution in [-0.4, -0.2) is 63.6 Å². The van der Waals surface area contributed by atoms with Crippen LogP contribution >= 0.6 is 0 Å². The van der Waals surface area contributed by atoms with Crippen molar-refractivity contribution in [2.45, 2.75) is 26.1 Å². The van der Waals surface area contributed by atoms with Gasteiger partial charge >= 0.3 is 5.97 Å². The van der Waals surface area contributed by atoms with Gasteiger partial charge in [0.1, 0.15) is 6.54 Å². The average Bonchev–Trinajstić information content (AvgIpc) is 2.63. The number of carbonyl (C=O) groups is 2. The Balaban J connectivity index is 1.75. The van der Waals surface area contributed by atoms with Gasteiger partial charge in [0.2, 0.25) is 10.0 Å². The second-order valence-electron chi connectivity index (χ2n) is 6.30. The minimum atomic E-state index is -3.79. The van der Waals surface area contributed by atoms with Gasteiger partial charge in [-0.05, 0) is 25.5 Å². The molecule has 1 aliphatic heterocycles. The normalized spacial score (nSPS) is 20.6. The number of nitrogens with one attached hydrogen (secondary N) is 1. The van der Waals surface area contributed by atoms with Gasteiger partial charge in [0.15, 0.2) is 6.61 Å². The lowest BCUT2D eigenvalue weighted by atomic mass is 10.2. The van der Waals surface area contributed by atoms with Crippen LogP contribution in [-0.2, 0) is 29.1 Å². The summed E-state index contributed by atoms with van der Waals surface area (Å²) in [6.45, 7) is 3.60. The molecule has 0 unspecified atom stereocenters. The van der Waals surface area contributed by atoms with E-state index in [1.165, 1.54) is 6.08 Å². The fourth-order valence-electron chi connectivity index (χ4n) is 2.61. The molecule has 9 heteroatoms. The number of morpholine rings is 1. The van der Waals surface area contributed by atoms with E-state index in [9.17, 15) is 18.0 Å². The zero-order valence-electron chi connectivity index (χ0n) is 15.3. The molecule has 1 N–H and O–H groups in total. The molecule has 1 aliphatic rings. The van der Waals surface area contributed by atoms with Crippen molar-refractivity contribution >= 4 is 28.0 Å². The van der Waals surface area contributed by atoms with Gasteiger partial charge in [-0.2, -0.15) is 0 Å². The third-order valence-electron chi connectivity index (χ3n) is 3.79. The highest BCUT2D eigenvalue weighted by molar-refractivity contribution is 7.92. The maximum Gasteiger partial charge on any atom is 0.321 e. The number of amides is 1. The number of sulfonamides is 1. The van der Waals surface area contributed by atoms with E-state index in [-0.39, 0.29) is 18.1 Å². The van der Waals surface area contributed by atoms with Crippen LogP contribution in [0.1, 0.15) is 19.4 Å². The minimum Gasteiger partial charge on any atom is -0.455 e. The van der Waals surface area contributed by atoms with Crippen molar-refractivity contribution in [3.63, 3.8) is 0 Å². The van der Waals surface area contributed by atoms with Crippen LogP contribution < -0.4 is 4.72 Å². The molecule has 0 spiro atoms. The van der Waals surface area contributed by atoms with E-state index < -0.39 is 29.1 Å². The molecule has 27 heavy (non-hydrogen) atoms. The first-order chi connectivity index (χ1) is 12.7. The van der Waals surface area contributed by atoms with Gasteiger partial charge in [0, 0.05) is 18.5 Å². The largest absolute Gasteiger partial charge is 0.455 e. The number of rotatable bonds is 7. The lowest BCUT2D eigenvalue weighted by Crippen LogP contribution is -2.49. The average molecular weight is 396 g/mol. The van der Waals surface area contributed by atoms with E-state index >= 15 is 0 Å². The van der Waals surface area contributed by atoms with Crippen LogP contribution in [0.3, 0.4) is 0 Å². The summed E-state index contributed by atoms with van der Waals surface area (Å²) in [7, 11) is -3.79. The van der Waals surface area contributed by atoms with Crippen molar-refractivity contribution in [2.24, 2.45) is 0 Å².